The van der Waals surface area contributed by atoms with Gasteiger partial charge in [-0.15, -0.1) is 0 Å². The number of aromatic nitrogens is 2. The molecule has 2 aromatic carbocycles. The van der Waals surface area contributed by atoms with E-state index in [9.17, 15) is 8.60 Å². The third-order valence-electron chi connectivity index (χ3n) is 5.68. The Labute approximate surface area is 199 Å². The lowest BCUT2D eigenvalue weighted by Gasteiger charge is -2.28. The fraction of sp³-hybridized carbons (Fsp3) is 0.417. The monoisotopic (exact) mass is 488 g/mol. The Hall–Kier alpha value is -2.98. The summed E-state index contributed by atoms with van der Waals surface area (Å²) in [6.07, 6.45) is 8.25. The molecule has 8 nitrogen and oxygen atoms in total. The fourth-order valence-corrected chi connectivity index (χ4v) is 4.71. The number of methoxy groups -OCH3 is 2. The molecular formula is C24H29FN4O4S. The van der Waals surface area contributed by atoms with Crippen LogP contribution in [0.4, 0.5) is 21.6 Å². The van der Waals surface area contributed by atoms with Gasteiger partial charge in [-0.25, -0.2) is 18.6 Å². The summed E-state index contributed by atoms with van der Waals surface area (Å²) in [7, 11) is 0.900. The normalized spacial score (nSPS) is 18.5. The Morgan fingerprint density at radius 1 is 1.03 bits per heavy atom. The van der Waals surface area contributed by atoms with Gasteiger partial charge in [-0.1, -0.05) is 0 Å². The molecule has 0 unspecified atom stereocenters. The highest BCUT2D eigenvalue weighted by Gasteiger charge is 2.23. The average molecular weight is 489 g/mol. The number of hydrogen-bond donors (Lipinski definition) is 1. The number of nitrogens with one attached hydrogen (secondary N) is 1. The van der Waals surface area contributed by atoms with Crippen molar-refractivity contribution < 1.29 is 22.8 Å². The van der Waals surface area contributed by atoms with Crippen molar-refractivity contribution in [1.82, 2.24) is 9.97 Å². The summed E-state index contributed by atoms with van der Waals surface area (Å²) in [6.45, 7) is 0. The summed E-state index contributed by atoms with van der Waals surface area (Å²) in [5, 5.41) is 3.88. The van der Waals surface area contributed by atoms with Crippen molar-refractivity contribution in [3.8, 4) is 11.5 Å². The lowest BCUT2D eigenvalue weighted by atomic mass is 9.95. The molecule has 0 bridgehead atoms. The smallest absolute Gasteiger partial charge is 0.146 e. The van der Waals surface area contributed by atoms with Gasteiger partial charge in [-0.2, -0.15) is 4.36 Å². The van der Waals surface area contributed by atoms with Crippen LogP contribution in [0.1, 0.15) is 25.7 Å². The topological polar surface area (TPSA) is 94.9 Å². The van der Waals surface area contributed by atoms with E-state index in [0.29, 0.717) is 39.6 Å². The molecule has 1 saturated carbocycles. The van der Waals surface area contributed by atoms with E-state index in [1.165, 1.54) is 25.6 Å². The van der Waals surface area contributed by atoms with E-state index < -0.39 is 9.73 Å². The van der Waals surface area contributed by atoms with Crippen LogP contribution >= 0.6 is 0 Å². The first-order valence-electron chi connectivity index (χ1n) is 11.0. The van der Waals surface area contributed by atoms with Crippen LogP contribution in [0.25, 0.3) is 10.9 Å². The van der Waals surface area contributed by atoms with E-state index in [4.69, 9.17) is 14.2 Å². The lowest BCUT2D eigenvalue weighted by Crippen LogP contribution is -2.27. The second kappa shape index (κ2) is 10.1. The molecule has 1 aromatic heterocycles. The largest absolute Gasteiger partial charge is 0.496 e. The van der Waals surface area contributed by atoms with Gasteiger partial charge in [-0.05, 0) is 43.9 Å². The maximum atomic E-state index is 14.1. The number of halogens is 1. The van der Waals surface area contributed by atoms with Gasteiger partial charge in [-0.3, -0.25) is 0 Å². The molecule has 1 aliphatic rings. The Morgan fingerprint density at radius 3 is 2.44 bits per heavy atom. The molecule has 1 N–H and O–H groups in total. The third-order valence-corrected chi connectivity index (χ3v) is 6.33. The molecule has 10 heteroatoms. The van der Waals surface area contributed by atoms with Crippen molar-refractivity contribution in [2.45, 2.75) is 37.9 Å². The molecule has 0 aliphatic heterocycles. The molecule has 4 rings (SSSR count). The van der Waals surface area contributed by atoms with E-state index >= 15 is 0 Å². The third kappa shape index (κ3) is 5.74. The number of benzene rings is 2. The zero-order valence-corrected chi connectivity index (χ0v) is 20.5. The van der Waals surface area contributed by atoms with Crippen molar-refractivity contribution >= 4 is 37.8 Å². The Kier molecular flexibility index (Phi) is 7.18. The van der Waals surface area contributed by atoms with E-state index in [-0.39, 0.29) is 18.0 Å². The predicted molar refractivity (Wildman–Crippen MR) is 132 cm³/mol. The lowest BCUT2D eigenvalue weighted by molar-refractivity contribution is 0.0329. The molecule has 3 aromatic rings. The van der Waals surface area contributed by atoms with Gasteiger partial charge in [0.25, 0.3) is 0 Å². The van der Waals surface area contributed by atoms with Crippen molar-refractivity contribution in [1.29, 1.82) is 0 Å². The number of rotatable bonds is 7. The van der Waals surface area contributed by atoms with Gasteiger partial charge in [0.2, 0.25) is 0 Å². The molecule has 0 radical (unpaired) electrons. The molecule has 182 valence electrons. The highest BCUT2D eigenvalue weighted by molar-refractivity contribution is 7.92. The standard InChI is InChI=1S/C24H29FN4O4S/c1-31-17-6-8-18(9-7-17)33-21-11-15(25)5-10-19(21)28-24-23-20(26-14-27-24)12-16(13-22(23)32-2)29-34(3,4)30/h5,10-14,17-18H,6-9H2,1-4H3,(H,26,27,28). The molecule has 0 amide bonds. The number of hydrogen-bond acceptors (Lipinski definition) is 8. The maximum Gasteiger partial charge on any atom is 0.146 e. The summed E-state index contributed by atoms with van der Waals surface area (Å²) in [4.78, 5) is 8.73. The summed E-state index contributed by atoms with van der Waals surface area (Å²) in [5.41, 5.74) is 1.65. The SMILES string of the molecule is COc1cc(N=S(C)(C)=O)cc2ncnc(Nc3ccc(F)cc3OC3CCC(OC)CC3)c12. The number of nitrogens with zero attached hydrogens (tertiary/aromatic N) is 3. The second-order valence-corrected chi connectivity index (χ2v) is 11.1. The molecule has 0 spiro atoms. The minimum absolute atomic E-state index is 0.0208. The minimum Gasteiger partial charge on any atom is -0.496 e. The highest BCUT2D eigenvalue weighted by Crippen LogP contribution is 2.38. The van der Waals surface area contributed by atoms with E-state index in [2.05, 4.69) is 19.6 Å². The van der Waals surface area contributed by atoms with Crippen LogP contribution < -0.4 is 14.8 Å². The second-order valence-electron chi connectivity index (χ2n) is 8.55. The van der Waals surface area contributed by atoms with E-state index in [0.717, 1.165) is 25.7 Å². The zero-order chi connectivity index (χ0) is 24.3. The Bertz CT molecular complexity index is 1290. The molecule has 34 heavy (non-hydrogen) atoms. The van der Waals surface area contributed by atoms with Crippen molar-refractivity contribution in [3.05, 3.63) is 42.5 Å². The Morgan fingerprint density at radius 2 is 1.76 bits per heavy atom. The van der Waals surface area contributed by atoms with Crippen LogP contribution in [0.15, 0.2) is 41.0 Å². The van der Waals surface area contributed by atoms with Crippen molar-refractivity contribution in [2.75, 3.05) is 32.0 Å². The summed E-state index contributed by atoms with van der Waals surface area (Å²) >= 11 is 0. The number of fused-ring (bicyclic) bond motifs is 1. The first kappa shape index (κ1) is 24.2. The number of anilines is 2. The fourth-order valence-electron chi connectivity index (χ4n) is 4.09. The molecule has 1 aliphatic carbocycles. The van der Waals surface area contributed by atoms with Crippen LogP contribution in [-0.2, 0) is 14.5 Å². The molecule has 0 saturated heterocycles. The average Bonchev–Trinajstić information content (AvgIpc) is 2.79. The summed E-state index contributed by atoms with van der Waals surface area (Å²) in [6, 6.07) is 7.79. The van der Waals surface area contributed by atoms with Crippen LogP contribution in [0.3, 0.4) is 0 Å². The van der Waals surface area contributed by atoms with E-state index in [1.807, 2.05) is 0 Å². The van der Waals surface area contributed by atoms with Gasteiger partial charge >= 0.3 is 0 Å². The summed E-state index contributed by atoms with van der Waals surface area (Å²) < 4.78 is 47.7. The van der Waals surface area contributed by atoms with Gasteiger partial charge in [0, 0.05) is 41.5 Å². The van der Waals surface area contributed by atoms with Crippen LogP contribution in [-0.4, -0.2) is 53.1 Å². The van der Waals surface area contributed by atoms with Gasteiger partial charge in [0.1, 0.15) is 29.5 Å². The van der Waals surface area contributed by atoms with Gasteiger partial charge in [0.15, 0.2) is 0 Å². The quantitative estimate of drug-likeness (QED) is 0.487. The van der Waals surface area contributed by atoms with Crippen molar-refractivity contribution in [2.24, 2.45) is 4.36 Å². The van der Waals surface area contributed by atoms with Crippen LogP contribution in [0.5, 0.6) is 11.5 Å². The highest BCUT2D eigenvalue weighted by atomic mass is 32.2. The molecule has 1 heterocycles. The zero-order valence-electron chi connectivity index (χ0n) is 19.7. The predicted octanol–water partition coefficient (Wildman–Crippen LogP) is 5.22. The molecular weight excluding hydrogens is 459 g/mol. The van der Waals surface area contributed by atoms with Crippen molar-refractivity contribution in [3.63, 3.8) is 0 Å². The minimum atomic E-state index is -2.36. The van der Waals surface area contributed by atoms with Crippen LogP contribution in [0, 0.1) is 5.82 Å². The Balaban J connectivity index is 1.68. The van der Waals surface area contributed by atoms with Gasteiger partial charge < -0.3 is 19.5 Å². The van der Waals surface area contributed by atoms with Gasteiger partial charge in [0.05, 0.1) is 41.6 Å². The van der Waals surface area contributed by atoms with Crippen LogP contribution in [0.2, 0.25) is 0 Å². The molecule has 1 fully saturated rings. The maximum absolute atomic E-state index is 14.1. The summed E-state index contributed by atoms with van der Waals surface area (Å²) in [5.74, 6) is 0.979. The number of ether oxygens (including phenoxy) is 3. The molecule has 0 atom stereocenters. The van der Waals surface area contributed by atoms with E-state index in [1.54, 1.807) is 37.8 Å². The first-order chi connectivity index (χ1) is 16.3. The first-order valence-corrected chi connectivity index (χ1v) is 13.3.